The van der Waals surface area contributed by atoms with Crippen LogP contribution in [0.4, 0.5) is 0 Å². The quantitative estimate of drug-likeness (QED) is 0.810. The number of methoxy groups -OCH3 is 1. The van der Waals surface area contributed by atoms with E-state index in [-0.39, 0.29) is 29.5 Å². The Balaban J connectivity index is 1.39. The summed E-state index contributed by atoms with van der Waals surface area (Å²) in [7, 11) is 1.59. The first kappa shape index (κ1) is 20.4. The van der Waals surface area contributed by atoms with E-state index in [1.807, 2.05) is 17.0 Å². The van der Waals surface area contributed by atoms with Crippen LogP contribution in [0.15, 0.2) is 34.9 Å². The number of hydrogen-bond donors (Lipinski definition) is 1. The third kappa shape index (κ3) is 4.66. The van der Waals surface area contributed by atoms with E-state index in [4.69, 9.17) is 9.26 Å². The third-order valence-electron chi connectivity index (χ3n) is 6.14. The van der Waals surface area contributed by atoms with Crippen molar-refractivity contribution in [2.24, 2.45) is 0 Å². The van der Waals surface area contributed by atoms with Crippen LogP contribution in [0.25, 0.3) is 0 Å². The first-order valence-corrected chi connectivity index (χ1v) is 10.8. The Morgan fingerprint density at radius 2 is 1.97 bits per heavy atom. The van der Waals surface area contributed by atoms with Gasteiger partial charge in [0.15, 0.2) is 0 Å². The van der Waals surface area contributed by atoms with Crippen LogP contribution in [0.3, 0.4) is 0 Å². The number of likely N-dealkylation sites (tertiary alicyclic amines) is 1. The van der Waals surface area contributed by atoms with Gasteiger partial charge in [0, 0.05) is 36.7 Å². The van der Waals surface area contributed by atoms with E-state index in [0.717, 1.165) is 44.2 Å². The minimum Gasteiger partial charge on any atom is -0.497 e. The van der Waals surface area contributed by atoms with Crippen molar-refractivity contribution in [3.63, 3.8) is 0 Å². The van der Waals surface area contributed by atoms with Crippen LogP contribution < -0.4 is 10.1 Å². The lowest BCUT2D eigenvalue weighted by Crippen LogP contribution is -2.39. The normalized spacial score (nSPS) is 20.0. The average Bonchev–Trinajstić information content (AvgIpc) is 3.30. The van der Waals surface area contributed by atoms with Crippen LogP contribution in [-0.2, 0) is 0 Å². The molecule has 2 aliphatic rings. The Labute approximate surface area is 176 Å². The molecule has 1 aromatic heterocycles. The molecule has 4 rings (SSSR count). The van der Waals surface area contributed by atoms with Crippen LogP contribution in [0.2, 0.25) is 0 Å². The molecule has 1 unspecified atom stereocenters. The fraction of sp³-hybridized carbons (Fsp3) is 0.522. The molecular weight excluding hydrogens is 382 g/mol. The summed E-state index contributed by atoms with van der Waals surface area (Å²) < 4.78 is 10.6. The van der Waals surface area contributed by atoms with Gasteiger partial charge in [-0.1, -0.05) is 30.5 Å². The molecule has 1 aromatic carbocycles. The van der Waals surface area contributed by atoms with Crippen molar-refractivity contribution in [1.82, 2.24) is 15.4 Å². The van der Waals surface area contributed by atoms with E-state index < -0.39 is 0 Å². The van der Waals surface area contributed by atoms with Crippen LogP contribution in [-0.4, -0.2) is 48.1 Å². The van der Waals surface area contributed by atoms with Crippen molar-refractivity contribution in [3.8, 4) is 5.75 Å². The van der Waals surface area contributed by atoms with Crippen LogP contribution >= 0.6 is 0 Å². The number of nitrogens with zero attached hydrogens (tertiary/aromatic N) is 2. The van der Waals surface area contributed by atoms with E-state index in [0.29, 0.717) is 24.4 Å². The van der Waals surface area contributed by atoms with Gasteiger partial charge in [0.1, 0.15) is 5.75 Å². The number of nitrogens with one attached hydrogen (secondary N) is 1. The second kappa shape index (κ2) is 9.32. The van der Waals surface area contributed by atoms with Crippen molar-refractivity contribution in [3.05, 3.63) is 47.3 Å². The van der Waals surface area contributed by atoms with Gasteiger partial charge in [-0.15, -0.1) is 0 Å². The fourth-order valence-electron chi connectivity index (χ4n) is 4.43. The summed E-state index contributed by atoms with van der Waals surface area (Å²) in [5, 5.41) is 7.22. The number of ether oxygens (including phenoxy) is 1. The molecule has 0 bridgehead atoms. The first-order chi connectivity index (χ1) is 14.6. The van der Waals surface area contributed by atoms with Crippen molar-refractivity contribution in [2.75, 3.05) is 20.2 Å². The zero-order chi connectivity index (χ0) is 20.9. The summed E-state index contributed by atoms with van der Waals surface area (Å²) in [5.74, 6) is 0.776. The molecule has 1 aliphatic carbocycles. The Kier molecular flexibility index (Phi) is 6.35. The van der Waals surface area contributed by atoms with Crippen molar-refractivity contribution in [1.29, 1.82) is 0 Å². The number of aromatic nitrogens is 1. The summed E-state index contributed by atoms with van der Waals surface area (Å²) in [6.07, 6.45) is 7.41. The predicted octanol–water partition coefficient (Wildman–Crippen LogP) is 3.77. The number of hydrogen-bond acceptors (Lipinski definition) is 5. The first-order valence-electron chi connectivity index (χ1n) is 10.8. The van der Waals surface area contributed by atoms with Gasteiger partial charge < -0.3 is 19.5 Å². The number of piperidine rings is 1. The van der Waals surface area contributed by atoms with Crippen LogP contribution in [0.1, 0.15) is 77.5 Å². The minimum atomic E-state index is -0.194. The molecular formula is C23H29N3O4. The number of carbonyl (C=O) groups is 2. The molecule has 2 aromatic rings. The summed E-state index contributed by atoms with van der Waals surface area (Å²) in [5.41, 5.74) is 1.36. The number of benzene rings is 1. The van der Waals surface area contributed by atoms with Gasteiger partial charge in [-0.25, -0.2) is 0 Å². The smallest absolute Gasteiger partial charge is 0.290 e. The molecule has 1 saturated carbocycles. The molecule has 2 heterocycles. The highest BCUT2D eigenvalue weighted by Crippen LogP contribution is 2.28. The molecule has 160 valence electrons. The zero-order valence-electron chi connectivity index (χ0n) is 17.4. The average molecular weight is 412 g/mol. The highest BCUT2D eigenvalue weighted by atomic mass is 16.5. The molecule has 7 nitrogen and oxygen atoms in total. The van der Waals surface area contributed by atoms with Crippen molar-refractivity contribution >= 4 is 11.8 Å². The van der Waals surface area contributed by atoms with Crippen LogP contribution in [0, 0.1) is 0 Å². The van der Waals surface area contributed by atoms with E-state index in [9.17, 15) is 9.59 Å². The lowest BCUT2D eigenvalue weighted by molar-refractivity contribution is 0.0704. The third-order valence-corrected chi connectivity index (χ3v) is 6.14. The fourth-order valence-corrected chi connectivity index (χ4v) is 4.43. The molecule has 0 spiro atoms. The predicted molar refractivity (Wildman–Crippen MR) is 112 cm³/mol. The molecule has 7 heteroatoms. The second-order valence-corrected chi connectivity index (χ2v) is 8.25. The summed E-state index contributed by atoms with van der Waals surface area (Å²) in [6, 6.07) is 9.18. The van der Waals surface area contributed by atoms with Gasteiger partial charge in [0.2, 0.25) is 5.76 Å². The van der Waals surface area contributed by atoms with E-state index in [1.165, 1.54) is 6.42 Å². The molecule has 1 saturated heterocycles. The lowest BCUT2D eigenvalue weighted by Gasteiger charge is -2.31. The van der Waals surface area contributed by atoms with Gasteiger partial charge in [0.05, 0.1) is 12.8 Å². The molecule has 1 N–H and O–H groups in total. The SMILES string of the molecule is COc1cccc(C(=O)N2CCCC(c3cc(C(=O)NC4CCCCC4)on3)C2)c1. The Hall–Kier alpha value is -2.83. The van der Waals surface area contributed by atoms with Gasteiger partial charge in [-0.05, 0) is 43.9 Å². The second-order valence-electron chi connectivity index (χ2n) is 8.25. The zero-order valence-corrected chi connectivity index (χ0v) is 17.4. The standard InChI is InChI=1S/C23H29N3O4/c1-29-19-11-5-7-16(13-19)23(28)26-12-6-8-17(15-26)20-14-21(30-25-20)22(27)24-18-9-3-2-4-10-18/h5,7,11,13-14,17-18H,2-4,6,8-10,12,15H2,1H3,(H,24,27). The molecule has 0 radical (unpaired) electrons. The Morgan fingerprint density at radius 1 is 1.13 bits per heavy atom. The van der Waals surface area contributed by atoms with Crippen LogP contribution in [0.5, 0.6) is 5.75 Å². The van der Waals surface area contributed by atoms with Gasteiger partial charge >= 0.3 is 0 Å². The molecule has 1 aliphatic heterocycles. The van der Waals surface area contributed by atoms with Crippen molar-refractivity contribution < 1.29 is 18.8 Å². The maximum Gasteiger partial charge on any atom is 0.290 e. The minimum absolute atomic E-state index is 0.0163. The maximum atomic E-state index is 12.9. The Bertz CT molecular complexity index is 888. The molecule has 2 fully saturated rings. The van der Waals surface area contributed by atoms with E-state index in [2.05, 4.69) is 10.5 Å². The molecule has 1 atom stereocenters. The van der Waals surface area contributed by atoms with E-state index >= 15 is 0 Å². The largest absolute Gasteiger partial charge is 0.497 e. The van der Waals surface area contributed by atoms with Gasteiger partial charge in [-0.2, -0.15) is 0 Å². The summed E-state index contributed by atoms with van der Waals surface area (Å²) in [4.78, 5) is 27.3. The summed E-state index contributed by atoms with van der Waals surface area (Å²) in [6.45, 7) is 1.27. The van der Waals surface area contributed by atoms with Crippen molar-refractivity contribution in [2.45, 2.75) is 56.9 Å². The maximum absolute atomic E-state index is 12.9. The molecule has 30 heavy (non-hydrogen) atoms. The number of rotatable bonds is 5. The lowest BCUT2D eigenvalue weighted by atomic mass is 9.94. The molecule has 2 amide bonds. The van der Waals surface area contributed by atoms with Gasteiger partial charge in [0.25, 0.3) is 11.8 Å². The van der Waals surface area contributed by atoms with E-state index in [1.54, 1.807) is 25.3 Å². The number of amides is 2. The Morgan fingerprint density at radius 3 is 2.77 bits per heavy atom. The summed E-state index contributed by atoms with van der Waals surface area (Å²) >= 11 is 0. The number of carbonyl (C=O) groups excluding carboxylic acids is 2. The monoisotopic (exact) mass is 411 g/mol. The van der Waals surface area contributed by atoms with Gasteiger partial charge in [-0.3, -0.25) is 9.59 Å². The topological polar surface area (TPSA) is 84.7 Å². The highest BCUT2D eigenvalue weighted by molar-refractivity contribution is 5.94. The highest BCUT2D eigenvalue weighted by Gasteiger charge is 2.29.